The Morgan fingerprint density at radius 1 is 0.427 bits per heavy atom. The van der Waals surface area contributed by atoms with Crippen molar-refractivity contribution < 1.29 is 9.52 Å². The van der Waals surface area contributed by atoms with Crippen LogP contribution in [-0.2, 0) is 12.8 Å². The van der Waals surface area contributed by atoms with Gasteiger partial charge in [-0.1, -0.05) is 223 Å². The van der Waals surface area contributed by atoms with Gasteiger partial charge in [-0.3, -0.25) is 0 Å². The van der Waals surface area contributed by atoms with Gasteiger partial charge in [-0.2, -0.15) is 0 Å². The van der Waals surface area contributed by atoms with Crippen molar-refractivity contribution in [3.63, 3.8) is 0 Å². The number of hydrogen-bond acceptors (Lipinski definition) is 4. The summed E-state index contributed by atoms with van der Waals surface area (Å²) in [5.74, 6) is 0.990. The Balaban J connectivity index is 1.09. The number of anilines is 6. The molecule has 0 unspecified atom stereocenters. The van der Waals surface area contributed by atoms with Gasteiger partial charge in [0.15, 0.2) is 5.58 Å². The van der Waals surface area contributed by atoms with Crippen LogP contribution in [0.4, 0.5) is 34.1 Å². The van der Waals surface area contributed by atoms with Gasteiger partial charge in [-0.15, -0.1) is 0 Å². The van der Waals surface area contributed by atoms with Gasteiger partial charge in [-0.05, 0) is 204 Å². The number of rotatable bonds is 14. The van der Waals surface area contributed by atoms with Crippen molar-refractivity contribution in [3.8, 4) is 39.1 Å². The highest BCUT2D eigenvalue weighted by atomic mass is 16.3. The van der Waals surface area contributed by atoms with Gasteiger partial charge in [0.25, 0.3) is 0 Å². The van der Waals surface area contributed by atoms with Gasteiger partial charge in [0, 0.05) is 32.8 Å². The summed E-state index contributed by atoms with van der Waals surface area (Å²) >= 11 is 0. The van der Waals surface area contributed by atoms with Crippen molar-refractivity contribution in [2.45, 2.75) is 137 Å². The lowest BCUT2D eigenvalue weighted by atomic mass is 9.77. The molecule has 14 rings (SSSR count). The summed E-state index contributed by atoms with van der Waals surface area (Å²) in [7, 11) is 0. The normalized spacial score (nSPS) is 14.1. The molecule has 4 heteroatoms. The summed E-state index contributed by atoms with van der Waals surface area (Å²) in [6.45, 7) is 20.7. The molecule has 89 heavy (non-hydrogen) atoms. The van der Waals surface area contributed by atoms with E-state index in [1.54, 1.807) is 0 Å². The Bertz CT molecular complexity index is 4680. The second kappa shape index (κ2) is 24.1. The molecule has 0 bridgehead atoms. The highest BCUT2D eigenvalue weighted by Gasteiger charge is 2.33. The summed E-state index contributed by atoms with van der Waals surface area (Å²) in [4.78, 5) is 4.98. The van der Waals surface area contributed by atoms with E-state index in [1.807, 2.05) is 0 Å². The van der Waals surface area contributed by atoms with Gasteiger partial charge in [0.2, 0.25) is 0 Å². The average molecular weight is 1160 g/mol. The Hall–Kier alpha value is -9.12. The molecule has 4 nitrogen and oxygen atoms in total. The van der Waals surface area contributed by atoms with Crippen molar-refractivity contribution in [3.05, 3.63) is 250 Å². The molecule has 1 heterocycles. The first-order valence-corrected chi connectivity index (χ1v) is 33.0. The van der Waals surface area contributed by atoms with Crippen LogP contribution in [0.25, 0.3) is 82.9 Å². The molecular weight excluding hydrogens is 1080 g/mol. The highest BCUT2D eigenvalue weighted by molar-refractivity contribution is 6.21. The third-order valence-corrected chi connectivity index (χ3v) is 20.4. The number of para-hydroxylation sites is 5. The smallest absolute Gasteiger partial charge is 0.159 e. The number of aromatic hydroxyl groups is 1. The molecule has 0 aliphatic heterocycles. The molecule has 1 aromatic heterocycles. The molecule has 2 saturated carbocycles. The van der Waals surface area contributed by atoms with Crippen molar-refractivity contribution in [2.75, 3.05) is 9.80 Å². The van der Waals surface area contributed by atoms with E-state index in [1.165, 1.54) is 105 Å². The van der Waals surface area contributed by atoms with Crippen LogP contribution in [0, 0.1) is 34.6 Å². The van der Waals surface area contributed by atoms with Crippen LogP contribution in [0.5, 0.6) is 5.75 Å². The van der Waals surface area contributed by atoms with E-state index in [4.69, 9.17) is 11.0 Å². The van der Waals surface area contributed by atoms with Crippen LogP contribution in [0.1, 0.15) is 146 Å². The molecule has 0 radical (unpaired) electrons. The SMILES string of the molecule is C=Cc1c(N(c2c(C)cccc2C)c2cccc3c2oc2c(-c4ccccc4CC)cccc23)cc(C2CCCCC2)c2ccc3c(N(c4cccc(-c5cccc(-c6ccccc6CC)c5)c4O)c4c(C)cccc4C)cc(C4CCCCC4)c(C)c3c12. The zero-order valence-corrected chi connectivity index (χ0v) is 53.1. The van der Waals surface area contributed by atoms with Crippen molar-refractivity contribution in [2.24, 2.45) is 0 Å². The number of aryl methyl sites for hydroxylation is 7. The Morgan fingerprint density at radius 2 is 0.910 bits per heavy atom. The fourth-order valence-electron chi connectivity index (χ4n) is 16.1. The summed E-state index contributed by atoms with van der Waals surface area (Å²) in [6.07, 6.45) is 15.9. The summed E-state index contributed by atoms with van der Waals surface area (Å²) in [5, 5.41) is 20.5. The third-order valence-electron chi connectivity index (χ3n) is 20.4. The van der Waals surface area contributed by atoms with Crippen LogP contribution in [0.3, 0.4) is 0 Å². The lowest BCUT2D eigenvalue weighted by Crippen LogP contribution is -2.17. The minimum absolute atomic E-state index is 0.254. The zero-order valence-electron chi connectivity index (χ0n) is 53.1. The Morgan fingerprint density at radius 3 is 1.55 bits per heavy atom. The molecule has 0 saturated heterocycles. The fraction of sp³-hybridized carbons (Fsp3) is 0.247. The molecule has 0 spiro atoms. The van der Waals surface area contributed by atoms with E-state index in [-0.39, 0.29) is 5.75 Å². The lowest BCUT2D eigenvalue weighted by molar-refractivity contribution is 0.443. The number of fused-ring (bicyclic) bond motifs is 6. The van der Waals surface area contributed by atoms with Crippen molar-refractivity contribution >= 4 is 83.7 Å². The molecule has 11 aromatic carbocycles. The monoisotopic (exact) mass is 1160 g/mol. The summed E-state index contributed by atoms with van der Waals surface area (Å²) < 4.78 is 7.49. The molecule has 2 aliphatic rings. The van der Waals surface area contributed by atoms with E-state index in [0.717, 1.165) is 139 Å². The lowest BCUT2D eigenvalue weighted by Gasteiger charge is -2.35. The largest absolute Gasteiger partial charge is 0.505 e. The fourth-order valence-corrected chi connectivity index (χ4v) is 16.1. The minimum Gasteiger partial charge on any atom is -0.505 e. The van der Waals surface area contributed by atoms with E-state index in [2.05, 4.69) is 252 Å². The van der Waals surface area contributed by atoms with Crippen LogP contribution < -0.4 is 9.80 Å². The summed E-state index contributed by atoms with van der Waals surface area (Å²) in [5.41, 5.74) is 26.9. The number of phenolic OH excluding ortho intramolecular Hbond substituents is 1. The Labute approximate surface area is 526 Å². The van der Waals surface area contributed by atoms with Gasteiger partial charge in [-0.25, -0.2) is 0 Å². The molecule has 0 amide bonds. The quantitative estimate of drug-likeness (QED) is 0.110. The predicted molar refractivity (Wildman–Crippen MR) is 380 cm³/mol. The standard InChI is InChI=1S/C85H82N2O2/c1-9-58-32-18-20-40-65(58)62-38-24-39-63(50-62)67-42-26-46-75(83(67)88)86(81-53(4)28-22-29-54(81)5)78-51-73(60-34-14-12-15-35-60)57(8)79-72(78)49-48-68-74(61-36-16-13-17-37-61)52-77(64(11-3)80(68)79)87(82-55(6)30-23-31-56(82)7)76-47-27-45-71-70-44-25-43-69(84(70)89-85(71)76)66-41-21-19-33-59(66)10-2/h11,18-33,38-52,60-61,88H,3,9-10,12-17,34-37H2,1-2,4-8H3. The molecule has 12 aromatic rings. The maximum Gasteiger partial charge on any atom is 0.159 e. The average Bonchev–Trinajstić information content (AvgIpc) is 1.14. The number of phenols is 1. The van der Waals surface area contributed by atoms with Gasteiger partial charge in [0.05, 0.1) is 34.1 Å². The van der Waals surface area contributed by atoms with Crippen molar-refractivity contribution in [1.82, 2.24) is 0 Å². The first kappa shape index (κ1) is 57.6. The number of benzene rings is 11. The first-order valence-electron chi connectivity index (χ1n) is 33.0. The maximum absolute atomic E-state index is 13.4. The molecular formula is C85H82N2O2. The zero-order chi connectivity index (χ0) is 61.0. The second-order valence-corrected chi connectivity index (χ2v) is 25.7. The number of hydrogen-bond donors (Lipinski definition) is 1. The third kappa shape index (κ3) is 10.0. The van der Waals surface area contributed by atoms with Crippen LogP contribution >= 0.6 is 0 Å². The molecule has 2 aliphatic carbocycles. The number of furan rings is 1. The molecule has 444 valence electrons. The van der Waals surface area contributed by atoms with Crippen LogP contribution in [-0.4, -0.2) is 5.11 Å². The highest BCUT2D eigenvalue weighted by Crippen LogP contribution is 2.55. The minimum atomic E-state index is 0.254. The molecule has 0 atom stereocenters. The van der Waals surface area contributed by atoms with E-state index >= 15 is 0 Å². The van der Waals surface area contributed by atoms with Crippen LogP contribution in [0.15, 0.2) is 199 Å². The van der Waals surface area contributed by atoms with E-state index in [0.29, 0.717) is 11.8 Å². The van der Waals surface area contributed by atoms with Crippen molar-refractivity contribution in [1.29, 1.82) is 0 Å². The molecule has 1 N–H and O–H groups in total. The topological polar surface area (TPSA) is 39.9 Å². The van der Waals surface area contributed by atoms with Gasteiger partial charge in [0.1, 0.15) is 11.3 Å². The predicted octanol–water partition coefficient (Wildman–Crippen LogP) is 24.9. The number of nitrogens with zero attached hydrogens (tertiary/aromatic N) is 2. The first-order chi connectivity index (χ1) is 43.6. The maximum atomic E-state index is 13.4. The van der Waals surface area contributed by atoms with Crippen LogP contribution in [0.2, 0.25) is 0 Å². The second-order valence-electron chi connectivity index (χ2n) is 25.7. The van der Waals surface area contributed by atoms with E-state index < -0.39 is 0 Å². The summed E-state index contributed by atoms with van der Waals surface area (Å²) in [6, 6.07) is 69.3. The van der Waals surface area contributed by atoms with Gasteiger partial charge < -0.3 is 19.3 Å². The van der Waals surface area contributed by atoms with E-state index in [9.17, 15) is 5.11 Å². The molecule has 2 fully saturated rings. The Kier molecular flexibility index (Phi) is 15.6. The van der Waals surface area contributed by atoms with Gasteiger partial charge >= 0.3 is 0 Å².